The number of aliphatic imine (C=N–C) groups is 1. The van der Waals surface area contributed by atoms with Gasteiger partial charge in [0, 0.05) is 31.0 Å². The minimum atomic E-state index is -0.550. The molecule has 2 aromatic rings. The number of guanidine groups is 1. The molecule has 28 heavy (non-hydrogen) atoms. The zero-order chi connectivity index (χ0) is 19.7. The van der Waals surface area contributed by atoms with Gasteiger partial charge in [-0.25, -0.2) is 9.98 Å². The first kappa shape index (κ1) is 18.4. The molecular weight excluding hydrogens is 363 g/mol. The first-order valence-corrected chi connectivity index (χ1v) is 9.13. The smallest absolute Gasteiger partial charge is 0.220 e. The fraction of sp³-hybridized carbons (Fsp3) is 0.350. The Morgan fingerprint density at radius 1 is 1.43 bits per heavy atom. The van der Waals surface area contributed by atoms with Gasteiger partial charge in [0.2, 0.25) is 12.4 Å². The summed E-state index contributed by atoms with van der Waals surface area (Å²) in [6.07, 6.45) is 3.27. The number of carbonyl (C=O) groups excluding carboxylic acids is 1. The van der Waals surface area contributed by atoms with Crippen LogP contribution in [0.2, 0.25) is 0 Å². The number of nitrogens with two attached hydrogens (primary N) is 1. The molecule has 2 N–H and O–H groups in total. The lowest BCUT2D eigenvalue weighted by Crippen LogP contribution is -2.46. The summed E-state index contributed by atoms with van der Waals surface area (Å²) in [5.41, 5.74) is 7.77. The first-order valence-electron chi connectivity index (χ1n) is 9.13. The van der Waals surface area contributed by atoms with E-state index in [4.69, 9.17) is 15.2 Å². The molecule has 8 heteroatoms. The quantitative estimate of drug-likeness (QED) is 0.379. The van der Waals surface area contributed by atoms with Crippen LogP contribution in [0, 0.1) is 5.95 Å². The Balaban J connectivity index is 1.81. The predicted molar refractivity (Wildman–Crippen MR) is 101 cm³/mol. The van der Waals surface area contributed by atoms with Crippen LogP contribution < -0.4 is 10.5 Å². The van der Waals surface area contributed by atoms with Gasteiger partial charge >= 0.3 is 0 Å². The van der Waals surface area contributed by atoms with Crippen LogP contribution in [0.25, 0.3) is 11.1 Å². The molecule has 7 nitrogen and oxygen atoms in total. The Hall–Kier alpha value is -3.00. The highest BCUT2D eigenvalue weighted by Gasteiger charge is 2.41. The van der Waals surface area contributed by atoms with Crippen molar-refractivity contribution in [1.82, 2.24) is 9.88 Å². The Bertz CT molecular complexity index is 920. The molecule has 3 atom stereocenters. The molecule has 0 radical (unpaired) electrons. The van der Waals surface area contributed by atoms with Gasteiger partial charge in [0.1, 0.15) is 24.0 Å². The lowest BCUT2D eigenvalue weighted by molar-refractivity contribution is -0.114. The molecule has 2 aliphatic heterocycles. The fourth-order valence-electron chi connectivity index (χ4n) is 3.62. The van der Waals surface area contributed by atoms with Gasteiger partial charge in [0.05, 0.1) is 0 Å². The minimum absolute atomic E-state index is 0.0822. The Morgan fingerprint density at radius 2 is 2.29 bits per heavy atom. The van der Waals surface area contributed by atoms with Crippen molar-refractivity contribution in [2.75, 3.05) is 13.7 Å². The maximum absolute atomic E-state index is 14.2. The second-order valence-corrected chi connectivity index (χ2v) is 6.88. The summed E-state index contributed by atoms with van der Waals surface area (Å²) in [4.78, 5) is 20.5. The zero-order valence-electron chi connectivity index (χ0n) is 15.4. The molecule has 1 fully saturated rings. The topological polar surface area (TPSA) is 90.0 Å². The highest BCUT2D eigenvalue weighted by atomic mass is 19.1. The standard InChI is InChI=1S/C20H21FN4O3/c1-25(11-26)20(22)24-17-14-10-12(13-4-2-8-23-19(13)21)6-7-15(14)28-16-5-3-9-27-18(16)17/h2,4,6-8,10-11,16-18H,3,5,9H2,1H3,(H2,22,24). The number of halogens is 1. The van der Waals surface area contributed by atoms with Gasteiger partial charge in [-0.15, -0.1) is 0 Å². The van der Waals surface area contributed by atoms with E-state index in [0.29, 0.717) is 29.9 Å². The van der Waals surface area contributed by atoms with E-state index in [2.05, 4.69) is 9.98 Å². The first-order chi connectivity index (χ1) is 13.6. The molecule has 1 aromatic heterocycles. The summed E-state index contributed by atoms with van der Waals surface area (Å²) >= 11 is 0. The van der Waals surface area contributed by atoms with Crippen molar-refractivity contribution < 1.29 is 18.7 Å². The van der Waals surface area contributed by atoms with E-state index in [1.165, 1.54) is 18.1 Å². The van der Waals surface area contributed by atoms with Gasteiger partial charge in [0.25, 0.3) is 0 Å². The summed E-state index contributed by atoms with van der Waals surface area (Å²) in [6, 6.07) is 8.32. The summed E-state index contributed by atoms with van der Waals surface area (Å²) in [6.45, 7) is 0.603. The summed E-state index contributed by atoms with van der Waals surface area (Å²) in [5.74, 6) is 0.195. The Kier molecular flexibility index (Phi) is 4.95. The third-order valence-corrected chi connectivity index (χ3v) is 5.09. The van der Waals surface area contributed by atoms with Gasteiger partial charge in [-0.2, -0.15) is 4.39 Å². The third-order valence-electron chi connectivity index (χ3n) is 5.09. The SMILES string of the molecule is CN(C=O)C(N)=NC1c2cc(-c3cccnc3F)ccc2OC2CCCOC21. The number of amides is 1. The third kappa shape index (κ3) is 3.31. The second-order valence-electron chi connectivity index (χ2n) is 6.88. The molecule has 1 aromatic carbocycles. The summed E-state index contributed by atoms with van der Waals surface area (Å²) < 4.78 is 26.3. The zero-order valence-corrected chi connectivity index (χ0v) is 15.4. The lowest BCUT2D eigenvalue weighted by Gasteiger charge is -2.40. The van der Waals surface area contributed by atoms with E-state index in [-0.39, 0.29) is 18.2 Å². The van der Waals surface area contributed by atoms with E-state index in [9.17, 15) is 9.18 Å². The number of benzene rings is 1. The minimum Gasteiger partial charge on any atom is -0.487 e. The van der Waals surface area contributed by atoms with Crippen LogP contribution >= 0.6 is 0 Å². The maximum Gasteiger partial charge on any atom is 0.220 e. The number of aromatic nitrogens is 1. The molecule has 0 bridgehead atoms. The lowest BCUT2D eigenvalue weighted by atomic mass is 9.88. The second kappa shape index (κ2) is 7.55. The number of fused-ring (bicyclic) bond motifs is 2. The van der Waals surface area contributed by atoms with E-state index >= 15 is 0 Å². The van der Waals surface area contributed by atoms with Gasteiger partial charge in [-0.3, -0.25) is 9.69 Å². The van der Waals surface area contributed by atoms with E-state index in [1.54, 1.807) is 18.2 Å². The van der Waals surface area contributed by atoms with E-state index in [0.717, 1.165) is 18.4 Å². The Morgan fingerprint density at radius 3 is 3.07 bits per heavy atom. The van der Waals surface area contributed by atoms with Crippen molar-refractivity contribution >= 4 is 12.4 Å². The molecule has 146 valence electrons. The van der Waals surface area contributed by atoms with Crippen LogP contribution in [0.4, 0.5) is 4.39 Å². The van der Waals surface area contributed by atoms with Crippen LogP contribution in [0.1, 0.15) is 24.4 Å². The van der Waals surface area contributed by atoms with Crippen molar-refractivity contribution in [2.24, 2.45) is 10.7 Å². The van der Waals surface area contributed by atoms with Crippen LogP contribution in [0.15, 0.2) is 41.5 Å². The number of hydrogen-bond donors (Lipinski definition) is 1. The number of rotatable bonds is 3. The average molecular weight is 384 g/mol. The van der Waals surface area contributed by atoms with Crippen LogP contribution in [-0.2, 0) is 9.53 Å². The normalized spacial score (nSPS) is 23.9. The monoisotopic (exact) mass is 384 g/mol. The van der Waals surface area contributed by atoms with Gasteiger partial charge in [-0.05, 0) is 42.7 Å². The Labute approximate surface area is 162 Å². The summed E-state index contributed by atoms with van der Waals surface area (Å²) in [7, 11) is 1.53. The maximum atomic E-state index is 14.2. The molecule has 2 aliphatic rings. The van der Waals surface area contributed by atoms with Crippen molar-refractivity contribution in [2.45, 2.75) is 31.1 Å². The molecule has 1 amide bonds. The van der Waals surface area contributed by atoms with Gasteiger partial charge < -0.3 is 15.2 Å². The van der Waals surface area contributed by atoms with Crippen LogP contribution in [0.3, 0.4) is 0 Å². The highest BCUT2D eigenvalue weighted by molar-refractivity contribution is 5.87. The van der Waals surface area contributed by atoms with Crippen LogP contribution in [-0.4, -0.2) is 48.1 Å². The predicted octanol–water partition coefficient (Wildman–Crippen LogP) is 2.27. The molecular formula is C20H21FN4O3. The molecule has 0 saturated carbocycles. The van der Waals surface area contributed by atoms with Gasteiger partial charge in [0.15, 0.2) is 5.96 Å². The molecule has 3 heterocycles. The molecule has 4 rings (SSSR count). The number of ether oxygens (including phenoxy) is 2. The number of nitrogens with zero attached hydrogens (tertiary/aromatic N) is 3. The van der Waals surface area contributed by atoms with Gasteiger partial charge in [-0.1, -0.05) is 6.07 Å². The van der Waals surface area contributed by atoms with Crippen molar-refractivity contribution in [3.63, 3.8) is 0 Å². The van der Waals surface area contributed by atoms with E-state index < -0.39 is 12.0 Å². The molecule has 0 aliphatic carbocycles. The van der Waals surface area contributed by atoms with E-state index in [1.807, 2.05) is 12.1 Å². The number of pyridine rings is 1. The summed E-state index contributed by atoms with van der Waals surface area (Å²) in [5, 5.41) is 0. The largest absolute Gasteiger partial charge is 0.487 e. The number of carbonyl (C=O) groups is 1. The van der Waals surface area contributed by atoms with Crippen LogP contribution in [0.5, 0.6) is 5.75 Å². The molecule has 3 unspecified atom stereocenters. The fourth-order valence-corrected chi connectivity index (χ4v) is 3.62. The molecule has 1 saturated heterocycles. The van der Waals surface area contributed by atoms with Crippen molar-refractivity contribution in [3.05, 3.63) is 48.0 Å². The molecule has 0 spiro atoms. The average Bonchev–Trinajstić information content (AvgIpc) is 2.73. The van der Waals surface area contributed by atoms with Crippen molar-refractivity contribution in [1.29, 1.82) is 0 Å². The van der Waals surface area contributed by atoms with Crippen molar-refractivity contribution in [3.8, 4) is 16.9 Å². The highest BCUT2D eigenvalue weighted by Crippen LogP contribution is 2.43. The number of hydrogen-bond acceptors (Lipinski definition) is 5.